The smallest absolute Gasteiger partial charge is 0.191 e. The van der Waals surface area contributed by atoms with Crippen LogP contribution in [0.5, 0.6) is 5.75 Å². The molecule has 2 aromatic carbocycles. The summed E-state index contributed by atoms with van der Waals surface area (Å²) in [5.74, 6) is -1.67. The molecule has 0 bridgehead atoms. The van der Waals surface area contributed by atoms with Gasteiger partial charge in [-0.2, -0.15) is 0 Å². The largest absolute Gasteiger partial charge is 0.483 e. The molecule has 2 nitrogen and oxygen atoms in total. The summed E-state index contributed by atoms with van der Waals surface area (Å²) < 4.78 is 32.9. The fourth-order valence-electron chi connectivity index (χ4n) is 1.85. The van der Waals surface area contributed by atoms with E-state index in [0.29, 0.717) is 12.1 Å². The molecule has 2 rings (SSSR count). The van der Waals surface area contributed by atoms with Crippen LogP contribution in [-0.2, 0) is 13.2 Å². The Bertz CT molecular complexity index is 535. The summed E-state index contributed by atoms with van der Waals surface area (Å²) >= 11 is 0. The SMILES string of the molecule is CCNCc1cc(F)c(OCc2ccccc2)c(F)c1. The number of benzene rings is 2. The van der Waals surface area contributed by atoms with Crippen molar-refractivity contribution in [1.29, 1.82) is 0 Å². The highest BCUT2D eigenvalue weighted by Crippen LogP contribution is 2.24. The van der Waals surface area contributed by atoms with Crippen LogP contribution in [0, 0.1) is 11.6 Å². The van der Waals surface area contributed by atoms with Gasteiger partial charge in [0, 0.05) is 6.54 Å². The first-order valence-electron chi connectivity index (χ1n) is 6.56. The van der Waals surface area contributed by atoms with Crippen LogP contribution in [0.15, 0.2) is 42.5 Å². The molecule has 106 valence electrons. The van der Waals surface area contributed by atoms with E-state index in [-0.39, 0.29) is 12.4 Å². The molecule has 0 saturated carbocycles. The van der Waals surface area contributed by atoms with Gasteiger partial charge in [0.15, 0.2) is 17.4 Å². The number of halogens is 2. The molecule has 20 heavy (non-hydrogen) atoms. The summed E-state index contributed by atoms with van der Waals surface area (Å²) in [5, 5.41) is 3.02. The zero-order chi connectivity index (χ0) is 14.4. The van der Waals surface area contributed by atoms with Gasteiger partial charge in [0.25, 0.3) is 0 Å². The average Bonchev–Trinajstić information content (AvgIpc) is 2.45. The molecule has 0 aromatic heterocycles. The molecule has 0 atom stereocenters. The number of ether oxygens (including phenoxy) is 1. The molecule has 0 heterocycles. The van der Waals surface area contributed by atoms with Gasteiger partial charge in [0.2, 0.25) is 0 Å². The van der Waals surface area contributed by atoms with Gasteiger partial charge in [-0.15, -0.1) is 0 Å². The van der Waals surface area contributed by atoms with Crippen molar-refractivity contribution in [3.63, 3.8) is 0 Å². The van der Waals surface area contributed by atoms with Crippen LogP contribution < -0.4 is 10.1 Å². The Labute approximate surface area is 117 Å². The van der Waals surface area contributed by atoms with Gasteiger partial charge in [0.1, 0.15) is 6.61 Å². The molecule has 0 aliphatic rings. The van der Waals surface area contributed by atoms with Crippen molar-refractivity contribution in [2.45, 2.75) is 20.1 Å². The first-order valence-corrected chi connectivity index (χ1v) is 6.56. The highest BCUT2D eigenvalue weighted by Gasteiger charge is 2.12. The predicted octanol–water partition coefficient (Wildman–Crippen LogP) is 3.65. The van der Waals surface area contributed by atoms with Gasteiger partial charge in [0.05, 0.1) is 0 Å². The van der Waals surface area contributed by atoms with Gasteiger partial charge in [-0.25, -0.2) is 8.78 Å². The van der Waals surface area contributed by atoms with E-state index in [0.717, 1.165) is 12.1 Å². The van der Waals surface area contributed by atoms with Crippen molar-refractivity contribution < 1.29 is 13.5 Å². The fourth-order valence-corrected chi connectivity index (χ4v) is 1.85. The van der Waals surface area contributed by atoms with E-state index in [1.165, 1.54) is 12.1 Å². The summed E-state index contributed by atoms with van der Waals surface area (Å²) in [6.07, 6.45) is 0. The van der Waals surface area contributed by atoms with E-state index in [1.54, 1.807) is 0 Å². The van der Waals surface area contributed by atoms with Crippen LogP contribution in [0.1, 0.15) is 18.1 Å². The molecule has 0 fully saturated rings. The second kappa shape index (κ2) is 7.01. The topological polar surface area (TPSA) is 21.3 Å². The Morgan fingerprint density at radius 3 is 2.25 bits per heavy atom. The Kier molecular flexibility index (Phi) is 5.07. The highest BCUT2D eigenvalue weighted by molar-refractivity contribution is 5.31. The van der Waals surface area contributed by atoms with Crippen molar-refractivity contribution in [3.8, 4) is 5.75 Å². The molecule has 2 aromatic rings. The Morgan fingerprint density at radius 2 is 1.65 bits per heavy atom. The van der Waals surface area contributed by atoms with Crippen LogP contribution in [0.2, 0.25) is 0 Å². The second-order valence-electron chi connectivity index (χ2n) is 4.44. The lowest BCUT2D eigenvalue weighted by Gasteiger charge is -2.10. The number of nitrogens with one attached hydrogen (secondary N) is 1. The Balaban J connectivity index is 2.08. The van der Waals surface area contributed by atoms with Gasteiger partial charge < -0.3 is 10.1 Å². The molecule has 0 amide bonds. The molecule has 4 heteroatoms. The molecular formula is C16H17F2NO. The van der Waals surface area contributed by atoms with Crippen molar-refractivity contribution in [1.82, 2.24) is 5.32 Å². The lowest BCUT2D eigenvalue weighted by Crippen LogP contribution is -2.12. The third kappa shape index (κ3) is 3.78. The lowest BCUT2D eigenvalue weighted by molar-refractivity contribution is 0.273. The van der Waals surface area contributed by atoms with Gasteiger partial charge in [-0.3, -0.25) is 0 Å². The average molecular weight is 277 g/mol. The van der Waals surface area contributed by atoms with E-state index in [2.05, 4.69) is 5.32 Å². The summed E-state index contributed by atoms with van der Waals surface area (Å²) in [4.78, 5) is 0. The standard InChI is InChI=1S/C16H17F2NO/c1-2-19-10-13-8-14(17)16(15(18)9-13)20-11-12-6-4-3-5-7-12/h3-9,19H,2,10-11H2,1H3. The van der Waals surface area contributed by atoms with E-state index in [4.69, 9.17) is 4.74 Å². The van der Waals surface area contributed by atoms with Gasteiger partial charge in [-0.05, 0) is 29.8 Å². The second-order valence-corrected chi connectivity index (χ2v) is 4.44. The van der Waals surface area contributed by atoms with Crippen LogP contribution in [0.4, 0.5) is 8.78 Å². The molecule has 0 spiro atoms. The quantitative estimate of drug-likeness (QED) is 0.870. The van der Waals surface area contributed by atoms with Crippen LogP contribution in [0.3, 0.4) is 0 Å². The van der Waals surface area contributed by atoms with E-state index in [9.17, 15) is 8.78 Å². The molecule has 1 N–H and O–H groups in total. The molecule has 0 unspecified atom stereocenters. The minimum atomic E-state index is -0.672. The summed E-state index contributed by atoms with van der Waals surface area (Å²) in [5.41, 5.74) is 1.43. The monoisotopic (exact) mass is 277 g/mol. The van der Waals surface area contributed by atoms with Crippen molar-refractivity contribution in [2.75, 3.05) is 6.54 Å². The Hall–Kier alpha value is -1.94. The normalized spacial score (nSPS) is 10.6. The maximum Gasteiger partial charge on any atom is 0.191 e. The number of hydrogen-bond donors (Lipinski definition) is 1. The lowest BCUT2D eigenvalue weighted by atomic mass is 10.2. The maximum absolute atomic E-state index is 13.8. The molecule has 0 radical (unpaired) electrons. The van der Waals surface area contributed by atoms with E-state index >= 15 is 0 Å². The minimum Gasteiger partial charge on any atom is -0.483 e. The van der Waals surface area contributed by atoms with Crippen LogP contribution in [-0.4, -0.2) is 6.54 Å². The van der Waals surface area contributed by atoms with Crippen LogP contribution >= 0.6 is 0 Å². The zero-order valence-electron chi connectivity index (χ0n) is 11.3. The summed E-state index contributed by atoms with van der Waals surface area (Å²) in [6.45, 7) is 3.25. The minimum absolute atomic E-state index is 0.140. The Morgan fingerprint density at radius 1 is 1.00 bits per heavy atom. The van der Waals surface area contributed by atoms with Gasteiger partial charge in [-0.1, -0.05) is 37.3 Å². The predicted molar refractivity (Wildman–Crippen MR) is 74.5 cm³/mol. The third-order valence-electron chi connectivity index (χ3n) is 2.86. The van der Waals surface area contributed by atoms with Crippen LogP contribution in [0.25, 0.3) is 0 Å². The summed E-state index contributed by atoms with van der Waals surface area (Å²) in [7, 11) is 0. The third-order valence-corrected chi connectivity index (χ3v) is 2.86. The number of hydrogen-bond acceptors (Lipinski definition) is 2. The molecule has 0 aliphatic heterocycles. The van der Waals surface area contributed by atoms with Crippen molar-refractivity contribution >= 4 is 0 Å². The van der Waals surface area contributed by atoms with Gasteiger partial charge >= 0.3 is 0 Å². The summed E-state index contributed by atoms with van der Waals surface area (Å²) in [6, 6.07) is 11.9. The number of rotatable bonds is 6. The van der Waals surface area contributed by atoms with E-state index < -0.39 is 11.6 Å². The fraction of sp³-hybridized carbons (Fsp3) is 0.250. The maximum atomic E-state index is 13.8. The first kappa shape index (κ1) is 14.5. The van der Waals surface area contributed by atoms with E-state index in [1.807, 2.05) is 37.3 Å². The van der Waals surface area contributed by atoms with Crippen molar-refractivity contribution in [3.05, 3.63) is 65.2 Å². The highest BCUT2D eigenvalue weighted by atomic mass is 19.1. The molecular weight excluding hydrogens is 260 g/mol. The zero-order valence-corrected chi connectivity index (χ0v) is 11.3. The van der Waals surface area contributed by atoms with Crippen molar-refractivity contribution in [2.24, 2.45) is 0 Å². The molecule has 0 saturated heterocycles. The first-order chi connectivity index (χ1) is 9.70. The molecule has 0 aliphatic carbocycles.